The molecule has 4 heteroatoms. The lowest BCUT2D eigenvalue weighted by Gasteiger charge is -2.00. The highest BCUT2D eigenvalue weighted by molar-refractivity contribution is 5.63. The van der Waals surface area contributed by atoms with Crippen molar-refractivity contribution in [2.75, 3.05) is 27.2 Å². The lowest BCUT2D eigenvalue weighted by molar-refractivity contribution is -0.858. The molecule has 0 spiro atoms. The molecule has 0 saturated heterocycles. The van der Waals surface area contributed by atoms with Gasteiger partial charge in [-0.1, -0.05) is 6.92 Å². The molecule has 0 atom stereocenters. The molecule has 0 radical (unpaired) electrons. The highest BCUT2D eigenvalue weighted by Gasteiger charge is 1.84. The highest BCUT2D eigenvalue weighted by atomic mass is 16.4. The standard InChI is InChI=1S/C4H11NO.C3H6O2/c1-5(2)3-4-6;1-2-3(4)5/h6H,3-4H2,1-2H3;2H2,1H3,(H,4,5). The second-order valence-corrected chi connectivity index (χ2v) is 2.41. The number of hydrogen-bond acceptors (Lipinski definition) is 3. The van der Waals surface area contributed by atoms with Gasteiger partial charge in [0.05, 0.1) is 20.7 Å². The second-order valence-electron chi connectivity index (χ2n) is 2.41. The molecule has 11 heavy (non-hydrogen) atoms. The summed E-state index contributed by atoms with van der Waals surface area (Å²) in [5.41, 5.74) is 0. The van der Waals surface area contributed by atoms with Crippen LogP contribution in [-0.4, -0.2) is 38.3 Å². The zero-order chi connectivity index (χ0) is 9.28. The summed E-state index contributed by atoms with van der Waals surface area (Å²) in [6.45, 7) is 2.68. The SMILES string of the molecule is CCC(=O)[O-].C[NH+](C)CCO. The summed E-state index contributed by atoms with van der Waals surface area (Å²) >= 11 is 0. The Hall–Kier alpha value is -0.610. The van der Waals surface area contributed by atoms with Gasteiger partial charge in [-0.3, -0.25) is 0 Å². The van der Waals surface area contributed by atoms with E-state index >= 15 is 0 Å². The largest absolute Gasteiger partial charge is 0.550 e. The first-order chi connectivity index (χ1) is 5.04. The van der Waals surface area contributed by atoms with Crippen molar-refractivity contribution >= 4 is 5.97 Å². The number of aliphatic hydroxyl groups is 1. The van der Waals surface area contributed by atoms with Crippen molar-refractivity contribution in [3.63, 3.8) is 0 Å². The molecule has 0 aromatic heterocycles. The molecule has 4 nitrogen and oxygen atoms in total. The maximum absolute atomic E-state index is 9.26. The van der Waals surface area contributed by atoms with Gasteiger partial charge in [0, 0.05) is 5.97 Å². The number of nitrogens with one attached hydrogen (secondary N) is 1. The minimum Gasteiger partial charge on any atom is -0.550 e. The topological polar surface area (TPSA) is 64.8 Å². The predicted octanol–water partition coefficient (Wildman–Crippen LogP) is -2.73. The monoisotopic (exact) mass is 163 g/mol. The van der Waals surface area contributed by atoms with Crippen LogP contribution >= 0.6 is 0 Å². The summed E-state index contributed by atoms with van der Waals surface area (Å²) in [4.78, 5) is 10.5. The van der Waals surface area contributed by atoms with Gasteiger partial charge in [-0.15, -0.1) is 0 Å². The maximum atomic E-state index is 9.26. The zero-order valence-electron chi connectivity index (χ0n) is 7.39. The second kappa shape index (κ2) is 9.39. The molecule has 0 saturated carbocycles. The van der Waals surface area contributed by atoms with Crippen LogP contribution in [0.15, 0.2) is 0 Å². The van der Waals surface area contributed by atoms with Gasteiger partial charge in [-0.2, -0.15) is 0 Å². The van der Waals surface area contributed by atoms with E-state index in [0.717, 1.165) is 6.54 Å². The van der Waals surface area contributed by atoms with Crippen molar-refractivity contribution in [3.05, 3.63) is 0 Å². The minimum absolute atomic E-state index is 0.111. The molecule has 68 valence electrons. The van der Waals surface area contributed by atoms with Crippen LogP contribution in [0.4, 0.5) is 0 Å². The maximum Gasteiger partial charge on any atom is 0.100 e. The molecule has 0 fully saturated rings. The Morgan fingerprint density at radius 3 is 1.91 bits per heavy atom. The molecule has 0 unspecified atom stereocenters. The number of carboxylic acid groups (broad SMARTS) is 1. The Morgan fingerprint density at radius 2 is 1.91 bits per heavy atom. The minimum atomic E-state index is -0.995. The van der Waals surface area contributed by atoms with E-state index in [-0.39, 0.29) is 6.42 Å². The average molecular weight is 163 g/mol. The van der Waals surface area contributed by atoms with E-state index in [0.29, 0.717) is 6.61 Å². The van der Waals surface area contributed by atoms with E-state index in [2.05, 4.69) is 0 Å². The summed E-state index contributed by atoms with van der Waals surface area (Å²) in [6, 6.07) is 0. The number of aliphatic hydroxyl groups excluding tert-OH is 1. The normalized spacial score (nSPS) is 8.82. The van der Waals surface area contributed by atoms with Crippen LogP contribution in [0.1, 0.15) is 13.3 Å². The smallest absolute Gasteiger partial charge is 0.100 e. The molecular formula is C7H17NO3. The quantitative estimate of drug-likeness (QED) is 0.475. The first-order valence-electron chi connectivity index (χ1n) is 3.64. The molecule has 0 bridgehead atoms. The van der Waals surface area contributed by atoms with E-state index in [1.54, 1.807) is 0 Å². The lowest BCUT2D eigenvalue weighted by Crippen LogP contribution is -3.06. The average Bonchev–Trinajstić information content (AvgIpc) is 1.89. The third-order valence-electron chi connectivity index (χ3n) is 0.900. The van der Waals surface area contributed by atoms with E-state index in [4.69, 9.17) is 5.11 Å². The van der Waals surface area contributed by atoms with Crippen LogP contribution in [0.25, 0.3) is 0 Å². The molecule has 0 amide bonds. The van der Waals surface area contributed by atoms with Gasteiger partial charge in [0.1, 0.15) is 6.54 Å². The number of quaternary nitrogens is 1. The Kier molecular flexibility index (Phi) is 11.1. The highest BCUT2D eigenvalue weighted by Crippen LogP contribution is 1.61. The summed E-state index contributed by atoms with van der Waals surface area (Å²) in [7, 11) is 4.02. The Labute approximate surface area is 67.4 Å². The molecule has 0 rings (SSSR count). The summed E-state index contributed by atoms with van der Waals surface area (Å²) in [5.74, 6) is -0.995. The van der Waals surface area contributed by atoms with Crippen molar-refractivity contribution < 1.29 is 19.9 Å². The van der Waals surface area contributed by atoms with E-state index in [1.165, 1.54) is 11.8 Å². The predicted molar refractivity (Wildman–Crippen MR) is 40.1 cm³/mol. The Bertz CT molecular complexity index is 93.7. The number of hydrogen-bond donors (Lipinski definition) is 2. The van der Waals surface area contributed by atoms with E-state index < -0.39 is 5.97 Å². The molecule has 2 N–H and O–H groups in total. The fraction of sp³-hybridized carbons (Fsp3) is 0.857. The first kappa shape index (κ1) is 13.0. The van der Waals surface area contributed by atoms with Crippen LogP contribution < -0.4 is 10.0 Å². The fourth-order valence-electron chi connectivity index (χ4n) is 0.224. The third kappa shape index (κ3) is 26.6. The molecule has 0 aliphatic carbocycles. The summed E-state index contributed by atoms with van der Waals surface area (Å²) in [6.07, 6.45) is 0.111. The molecule has 0 heterocycles. The van der Waals surface area contributed by atoms with Gasteiger partial charge in [0.25, 0.3) is 0 Å². The van der Waals surface area contributed by atoms with Crippen molar-refractivity contribution in [2.45, 2.75) is 13.3 Å². The molecule has 0 aliphatic heterocycles. The third-order valence-corrected chi connectivity index (χ3v) is 0.900. The number of rotatable bonds is 3. The fourth-order valence-corrected chi connectivity index (χ4v) is 0.224. The number of carbonyl (C=O) groups is 1. The van der Waals surface area contributed by atoms with Crippen LogP contribution in [0, 0.1) is 0 Å². The summed E-state index contributed by atoms with van der Waals surface area (Å²) < 4.78 is 0. The van der Waals surface area contributed by atoms with Gasteiger partial charge < -0.3 is 19.9 Å². The number of aliphatic carboxylic acids is 1. The number of likely N-dealkylation sites (N-methyl/N-ethyl adjacent to an activating group) is 1. The van der Waals surface area contributed by atoms with Crippen LogP contribution in [0.3, 0.4) is 0 Å². The van der Waals surface area contributed by atoms with Crippen LogP contribution in [-0.2, 0) is 4.79 Å². The van der Waals surface area contributed by atoms with Gasteiger partial charge in [0.15, 0.2) is 0 Å². The number of carbonyl (C=O) groups excluding carboxylic acids is 1. The Morgan fingerprint density at radius 1 is 1.55 bits per heavy atom. The van der Waals surface area contributed by atoms with Crippen molar-refractivity contribution in [1.29, 1.82) is 0 Å². The van der Waals surface area contributed by atoms with E-state index in [9.17, 15) is 9.90 Å². The summed E-state index contributed by atoms with van der Waals surface area (Å²) in [5, 5.41) is 17.5. The van der Waals surface area contributed by atoms with Crippen LogP contribution in [0.2, 0.25) is 0 Å². The van der Waals surface area contributed by atoms with Crippen molar-refractivity contribution in [1.82, 2.24) is 0 Å². The molecular weight excluding hydrogens is 146 g/mol. The Balaban J connectivity index is 0. The molecule has 0 aromatic carbocycles. The van der Waals surface area contributed by atoms with Gasteiger partial charge in [-0.25, -0.2) is 0 Å². The first-order valence-corrected chi connectivity index (χ1v) is 3.64. The van der Waals surface area contributed by atoms with Gasteiger partial charge in [0.2, 0.25) is 0 Å². The molecule has 0 aliphatic rings. The van der Waals surface area contributed by atoms with Crippen molar-refractivity contribution in [2.24, 2.45) is 0 Å². The van der Waals surface area contributed by atoms with E-state index in [1.807, 2.05) is 14.1 Å². The lowest BCUT2D eigenvalue weighted by atomic mass is 10.5. The van der Waals surface area contributed by atoms with Crippen molar-refractivity contribution in [3.8, 4) is 0 Å². The van der Waals surface area contributed by atoms with Gasteiger partial charge >= 0.3 is 0 Å². The zero-order valence-corrected chi connectivity index (χ0v) is 7.39. The number of carboxylic acids is 1. The van der Waals surface area contributed by atoms with Gasteiger partial charge in [-0.05, 0) is 6.42 Å². The molecule has 0 aromatic rings. The van der Waals surface area contributed by atoms with Crippen LogP contribution in [0.5, 0.6) is 0 Å².